The van der Waals surface area contributed by atoms with Crippen molar-refractivity contribution in [1.82, 2.24) is 9.78 Å². The molecule has 2 amide bonds. The average Bonchev–Trinajstić information content (AvgIpc) is 3.39. The molecule has 3 aromatic carbocycles. The van der Waals surface area contributed by atoms with Gasteiger partial charge in [0.15, 0.2) is 0 Å². The molecule has 4 aromatic rings. The predicted molar refractivity (Wildman–Crippen MR) is 143 cm³/mol. The zero-order valence-electron chi connectivity index (χ0n) is 20.3. The molecule has 1 saturated heterocycles. The first-order chi connectivity index (χ1) is 17.6. The molecule has 0 saturated carbocycles. The maximum absolute atomic E-state index is 13.0. The van der Waals surface area contributed by atoms with E-state index in [1.165, 1.54) is 19.3 Å². The van der Waals surface area contributed by atoms with E-state index in [9.17, 15) is 9.59 Å². The number of carbonyl (C=O) groups is 2. The van der Waals surface area contributed by atoms with Crippen molar-refractivity contribution >= 4 is 28.9 Å². The topological polar surface area (TPSA) is 79.3 Å². The Hall–Kier alpha value is -4.39. The molecule has 1 aromatic heterocycles. The molecular formula is C29H29N5O2. The summed E-state index contributed by atoms with van der Waals surface area (Å²) < 4.78 is 1.71. The monoisotopic (exact) mass is 479 g/mol. The molecule has 0 aliphatic carbocycles. The van der Waals surface area contributed by atoms with Gasteiger partial charge in [0.1, 0.15) is 0 Å². The van der Waals surface area contributed by atoms with Crippen molar-refractivity contribution in [1.29, 1.82) is 0 Å². The van der Waals surface area contributed by atoms with Crippen LogP contribution in [0.3, 0.4) is 0 Å². The van der Waals surface area contributed by atoms with Crippen LogP contribution in [0.2, 0.25) is 0 Å². The standard InChI is InChI=1S/C29H29N5O2/c1-21-13-14-23(31-28(35)22-9-8-12-26(17-22)33-15-6-3-7-16-33)18-27(21)29(36)32-24-19-30-34(20-24)25-10-4-2-5-11-25/h2,4-5,8-14,17-20H,3,6-7,15-16H2,1H3,(H,31,35)(H,32,36). The summed E-state index contributed by atoms with van der Waals surface area (Å²) in [6.07, 6.45) is 7.00. The number of rotatable bonds is 6. The maximum atomic E-state index is 13.0. The number of para-hydroxylation sites is 1. The van der Waals surface area contributed by atoms with Gasteiger partial charge in [-0.2, -0.15) is 5.10 Å². The molecule has 1 fully saturated rings. The summed E-state index contributed by atoms with van der Waals surface area (Å²) in [5.41, 5.74) is 5.03. The molecule has 0 spiro atoms. The van der Waals surface area contributed by atoms with Crippen LogP contribution in [0.25, 0.3) is 5.69 Å². The van der Waals surface area contributed by atoms with Gasteiger partial charge in [0, 0.05) is 35.6 Å². The Labute approximate surface area is 210 Å². The molecule has 2 heterocycles. The van der Waals surface area contributed by atoms with Gasteiger partial charge in [-0.05, 0) is 74.2 Å². The van der Waals surface area contributed by atoms with Crippen molar-refractivity contribution in [2.75, 3.05) is 28.6 Å². The van der Waals surface area contributed by atoms with Crippen molar-refractivity contribution < 1.29 is 9.59 Å². The average molecular weight is 480 g/mol. The second-order valence-corrected chi connectivity index (χ2v) is 9.05. The van der Waals surface area contributed by atoms with Gasteiger partial charge in [0.2, 0.25) is 0 Å². The number of aryl methyl sites for hydroxylation is 1. The largest absolute Gasteiger partial charge is 0.372 e. The molecule has 2 N–H and O–H groups in total. The normalized spacial score (nSPS) is 13.3. The first kappa shape index (κ1) is 23.4. The molecule has 182 valence electrons. The van der Waals surface area contributed by atoms with E-state index in [0.717, 1.165) is 30.0 Å². The highest BCUT2D eigenvalue weighted by Crippen LogP contribution is 2.23. The van der Waals surface area contributed by atoms with Crippen LogP contribution >= 0.6 is 0 Å². The van der Waals surface area contributed by atoms with Crippen LogP contribution in [0.1, 0.15) is 45.5 Å². The molecule has 1 aliphatic heterocycles. The van der Waals surface area contributed by atoms with Gasteiger partial charge >= 0.3 is 0 Å². The second kappa shape index (κ2) is 10.5. The third kappa shape index (κ3) is 5.30. The van der Waals surface area contributed by atoms with Crippen LogP contribution in [0.15, 0.2) is 85.2 Å². The number of aromatic nitrogens is 2. The first-order valence-corrected chi connectivity index (χ1v) is 12.3. The highest BCUT2D eigenvalue weighted by molar-refractivity contribution is 6.08. The minimum atomic E-state index is -0.261. The second-order valence-electron chi connectivity index (χ2n) is 9.05. The number of hydrogen-bond acceptors (Lipinski definition) is 4. The third-order valence-corrected chi connectivity index (χ3v) is 6.43. The van der Waals surface area contributed by atoms with Crippen molar-refractivity contribution in [2.24, 2.45) is 0 Å². The Kier molecular flexibility index (Phi) is 6.80. The Bertz CT molecular complexity index is 1370. The zero-order chi connectivity index (χ0) is 24.9. The summed E-state index contributed by atoms with van der Waals surface area (Å²) in [4.78, 5) is 28.4. The maximum Gasteiger partial charge on any atom is 0.256 e. The molecule has 0 radical (unpaired) electrons. The van der Waals surface area contributed by atoms with E-state index >= 15 is 0 Å². The van der Waals surface area contributed by atoms with Crippen LogP contribution in [-0.2, 0) is 0 Å². The highest BCUT2D eigenvalue weighted by Gasteiger charge is 2.15. The summed E-state index contributed by atoms with van der Waals surface area (Å²) in [7, 11) is 0. The quantitative estimate of drug-likeness (QED) is 0.373. The Morgan fingerprint density at radius 2 is 1.53 bits per heavy atom. The Morgan fingerprint density at radius 3 is 2.33 bits per heavy atom. The van der Waals surface area contributed by atoms with E-state index in [1.807, 2.05) is 67.6 Å². The van der Waals surface area contributed by atoms with E-state index in [-0.39, 0.29) is 11.8 Å². The number of benzene rings is 3. The van der Waals surface area contributed by atoms with Crippen LogP contribution < -0.4 is 15.5 Å². The van der Waals surface area contributed by atoms with Gasteiger partial charge in [-0.1, -0.05) is 30.3 Å². The number of amides is 2. The number of nitrogens with one attached hydrogen (secondary N) is 2. The Morgan fingerprint density at radius 1 is 0.778 bits per heavy atom. The molecule has 7 heteroatoms. The van der Waals surface area contributed by atoms with Crippen molar-refractivity contribution in [3.05, 3.63) is 102 Å². The number of carbonyl (C=O) groups excluding carboxylic acids is 2. The summed E-state index contributed by atoms with van der Waals surface area (Å²) in [6.45, 7) is 3.91. The van der Waals surface area contributed by atoms with Crippen LogP contribution in [0.5, 0.6) is 0 Å². The third-order valence-electron chi connectivity index (χ3n) is 6.43. The number of hydrogen-bond donors (Lipinski definition) is 2. The molecule has 0 atom stereocenters. The van der Waals surface area contributed by atoms with Gasteiger partial charge in [-0.15, -0.1) is 0 Å². The lowest BCUT2D eigenvalue weighted by atomic mass is 10.1. The van der Waals surface area contributed by atoms with E-state index in [2.05, 4.69) is 26.7 Å². The smallest absolute Gasteiger partial charge is 0.256 e. The fourth-order valence-corrected chi connectivity index (χ4v) is 4.45. The number of piperidine rings is 1. The van der Waals surface area contributed by atoms with Crippen LogP contribution in [0, 0.1) is 6.92 Å². The van der Waals surface area contributed by atoms with E-state index < -0.39 is 0 Å². The number of anilines is 3. The molecule has 36 heavy (non-hydrogen) atoms. The summed E-state index contributed by atoms with van der Waals surface area (Å²) >= 11 is 0. The van der Waals surface area contributed by atoms with Crippen molar-refractivity contribution in [3.63, 3.8) is 0 Å². The van der Waals surface area contributed by atoms with E-state index in [0.29, 0.717) is 22.5 Å². The predicted octanol–water partition coefficient (Wildman–Crippen LogP) is 5.68. The van der Waals surface area contributed by atoms with Gasteiger partial charge in [-0.3, -0.25) is 9.59 Å². The summed E-state index contributed by atoms with van der Waals surface area (Å²) in [6, 6.07) is 22.8. The van der Waals surface area contributed by atoms with Crippen LogP contribution in [0.4, 0.5) is 17.1 Å². The fraction of sp³-hybridized carbons (Fsp3) is 0.207. The summed E-state index contributed by atoms with van der Waals surface area (Å²) in [5.74, 6) is -0.462. The SMILES string of the molecule is Cc1ccc(NC(=O)c2cccc(N3CCCCC3)c2)cc1C(=O)Nc1cnn(-c2ccccc2)c1. The lowest BCUT2D eigenvalue weighted by molar-refractivity contribution is 0.101. The number of nitrogens with zero attached hydrogens (tertiary/aromatic N) is 3. The Balaban J connectivity index is 1.28. The van der Waals surface area contributed by atoms with Crippen molar-refractivity contribution in [2.45, 2.75) is 26.2 Å². The van der Waals surface area contributed by atoms with E-state index in [4.69, 9.17) is 0 Å². The molecule has 0 unspecified atom stereocenters. The van der Waals surface area contributed by atoms with Gasteiger partial charge < -0.3 is 15.5 Å². The molecule has 0 bridgehead atoms. The molecule has 7 nitrogen and oxygen atoms in total. The summed E-state index contributed by atoms with van der Waals surface area (Å²) in [5, 5.41) is 10.2. The lowest BCUT2D eigenvalue weighted by Crippen LogP contribution is -2.29. The fourth-order valence-electron chi connectivity index (χ4n) is 4.45. The molecular weight excluding hydrogens is 450 g/mol. The minimum absolute atomic E-state index is 0.201. The van der Waals surface area contributed by atoms with Crippen LogP contribution in [-0.4, -0.2) is 34.7 Å². The van der Waals surface area contributed by atoms with E-state index in [1.54, 1.807) is 23.1 Å². The lowest BCUT2D eigenvalue weighted by Gasteiger charge is -2.29. The van der Waals surface area contributed by atoms with Gasteiger partial charge in [-0.25, -0.2) is 4.68 Å². The zero-order valence-corrected chi connectivity index (χ0v) is 20.3. The molecule has 1 aliphatic rings. The first-order valence-electron chi connectivity index (χ1n) is 12.3. The molecule has 5 rings (SSSR count). The van der Waals surface area contributed by atoms with Gasteiger partial charge in [0.05, 0.1) is 23.8 Å². The van der Waals surface area contributed by atoms with Gasteiger partial charge in [0.25, 0.3) is 11.8 Å². The highest BCUT2D eigenvalue weighted by atomic mass is 16.2. The minimum Gasteiger partial charge on any atom is -0.372 e. The van der Waals surface area contributed by atoms with Crippen molar-refractivity contribution in [3.8, 4) is 5.69 Å².